The number of carbonyl (C=O) groups excluding carboxylic acids is 2. The number of nitrogens with zero attached hydrogens (tertiary/aromatic N) is 2. The third kappa shape index (κ3) is 5.37. The van der Waals surface area contributed by atoms with Crippen LogP contribution in [-0.2, 0) is 0 Å². The summed E-state index contributed by atoms with van der Waals surface area (Å²) in [5.74, 6) is 0.533. The predicted molar refractivity (Wildman–Crippen MR) is 97.9 cm³/mol. The molecule has 0 bridgehead atoms. The molecule has 1 N–H and O–H groups in total. The zero-order chi connectivity index (χ0) is 18.4. The van der Waals surface area contributed by atoms with Crippen LogP contribution in [0, 0.1) is 5.41 Å². The average molecular weight is 347 g/mol. The first-order valence-corrected chi connectivity index (χ1v) is 8.77. The highest BCUT2D eigenvalue weighted by atomic mass is 16.5. The van der Waals surface area contributed by atoms with Crippen LogP contribution in [0.3, 0.4) is 0 Å². The Morgan fingerprint density at radius 3 is 2.40 bits per heavy atom. The van der Waals surface area contributed by atoms with Crippen molar-refractivity contribution in [2.24, 2.45) is 5.41 Å². The summed E-state index contributed by atoms with van der Waals surface area (Å²) in [6.45, 7) is 9.25. The summed E-state index contributed by atoms with van der Waals surface area (Å²) in [5.41, 5.74) is 0.614. The molecule has 25 heavy (non-hydrogen) atoms. The number of hydrogen-bond acceptors (Lipinski definition) is 3. The molecule has 1 aromatic rings. The molecule has 1 heterocycles. The van der Waals surface area contributed by atoms with Gasteiger partial charge in [0, 0.05) is 32.7 Å². The van der Waals surface area contributed by atoms with Gasteiger partial charge in [0.25, 0.3) is 5.91 Å². The Hall–Kier alpha value is -2.24. The molecule has 0 aromatic heterocycles. The molecule has 1 aromatic carbocycles. The summed E-state index contributed by atoms with van der Waals surface area (Å²) < 4.78 is 5.29. The molecular weight excluding hydrogens is 318 g/mol. The Morgan fingerprint density at radius 1 is 1.08 bits per heavy atom. The molecule has 0 atom stereocenters. The second-order valence-electron chi connectivity index (χ2n) is 7.55. The third-order valence-corrected chi connectivity index (χ3v) is 4.18. The molecular formula is C19H29N3O3. The maximum atomic E-state index is 12.8. The van der Waals surface area contributed by atoms with Crippen LogP contribution >= 0.6 is 0 Å². The van der Waals surface area contributed by atoms with Crippen molar-refractivity contribution in [2.75, 3.05) is 39.8 Å². The molecule has 1 aliphatic heterocycles. The lowest BCUT2D eigenvalue weighted by atomic mass is 9.97. The molecule has 138 valence electrons. The van der Waals surface area contributed by atoms with Crippen molar-refractivity contribution in [2.45, 2.75) is 27.2 Å². The van der Waals surface area contributed by atoms with Gasteiger partial charge in [0.15, 0.2) is 0 Å². The van der Waals surface area contributed by atoms with Gasteiger partial charge in [-0.1, -0.05) is 32.9 Å². The van der Waals surface area contributed by atoms with Gasteiger partial charge < -0.3 is 19.9 Å². The van der Waals surface area contributed by atoms with Crippen molar-refractivity contribution in [1.82, 2.24) is 15.1 Å². The molecule has 1 saturated heterocycles. The quantitative estimate of drug-likeness (QED) is 0.914. The molecule has 6 heteroatoms. The van der Waals surface area contributed by atoms with Gasteiger partial charge in [-0.15, -0.1) is 0 Å². The lowest BCUT2D eigenvalue weighted by Gasteiger charge is -2.25. The van der Waals surface area contributed by atoms with Crippen LogP contribution in [0.25, 0.3) is 0 Å². The van der Waals surface area contributed by atoms with Gasteiger partial charge in [-0.05, 0) is 24.0 Å². The molecule has 2 rings (SSSR count). The van der Waals surface area contributed by atoms with Crippen LogP contribution < -0.4 is 10.1 Å². The molecule has 1 fully saturated rings. The Labute approximate surface area is 150 Å². The zero-order valence-corrected chi connectivity index (χ0v) is 15.7. The summed E-state index contributed by atoms with van der Waals surface area (Å²) in [4.78, 5) is 28.7. The van der Waals surface area contributed by atoms with E-state index in [-0.39, 0.29) is 17.4 Å². The number of benzene rings is 1. The van der Waals surface area contributed by atoms with Crippen molar-refractivity contribution >= 4 is 11.9 Å². The molecule has 0 spiro atoms. The fraction of sp³-hybridized carbons (Fsp3) is 0.579. The Morgan fingerprint density at radius 2 is 1.72 bits per heavy atom. The summed E-state index contributed by atoms with van der Waals surface area (Å²) in [6, 6.07) is 7.19. The number of urea groups is 1. The van der Waals surface area contributed by atoms with E-state index in [9.17, 15) is 9.59 Å². The molecule has 0 saturated carbocycles. The monoisotopic (exact) mass is 347 g/mol. The number of methoxy groups -OCH3 is 1. The van der Waals surface area contributed by atoms with E-state index in [0.717, 1.165) is 6.42 Å². The lowest BCUT2D eigenvalue weighted by molar-refractivity contribution is 0.0759. The fourth-order valence-electron chi connectivity index (χ4n) is 2.77. The molecule has 3 amide bonds. The van der Waals surface area contributed by atoms with Crippen molar-refractivity contribution < 1.29 is 14.3 Å². The third-order valence-electron chi connectivity index (χ3n) is 4.18. The van der Waals surface area contributed by atoms with E-state index in [1.54, 1.807) is 29.0 Å². The maximum Gasteiger partial charge on any atom is 0.317 e. The number of carbonyl (C=O) groups is 2. The molecule has 0 radical (unpaired) electrons. The number of para-hydroxylation sites is 1. The fourth-order valence-corrected chi connectivity index (χ4v) is 2.77. The van der Waals surface area contributed by atoms with Gasteiger partial charge in [-0.3, -0.25) is 4.79 Å². The zero-order valence-electron chi connectivity index (χ0n) is 15.7. The van der Waals surface area contributed by atoms with Crippen LogP contribution in [0.15, 0.2) is 24.3 Å². The Bertz CT molecular complexity index is 610. The molecule has 6 nitrogen and oxygen atoms in total. The van der Waals surface area contributed by atoms with E-state index in [1.165, 1.54) is 0 Å². The molecule has 0 aliphatic carbocycles. The van der Waals surface area contributed by atoms with E-state index in [4.69, 9.17) is 4.74 Å². The summed E-state index contributed by atoms with van der Waals surface area (Å²) in [5, 5.41) is 2.98. The first-order valence-electron chi connectivity index (χ1n) is 8.77. The highest BCUT2D eigenvalue weighted by Gasteiger charge is 2.25. The first kappa shape index (κ1) is 19.1. The topological polar surface area (TPSA) is 61.9 Å². The Kier molecular flexibility index (Phi) is 6.28. The van der Waals surface area contributed by atoms with Crippen LogP contribution in [-0.4, -0.2) is 61.6 Å². The SMILES string of the molecule is COc1ccccc1C(=O)N1CCCN(C(=O)NCC(C)(C)C)CC1. The second-order valence-corrected chi connectivity index (χ2v) is 7.55. The van der Waals surface area contributed by atoms with Gasteiger partial charge in [-0.25, -0.2) is 4.79 Å². The average Bonchev–Trinajstić information content (AvgIpc) is 2.84. The van der Waals surface area contributed by atoms with E-state index in [0.29, 0.717) is 44.0 Å². The van der Waals surface area contributed by atoms with Gasteiger partial charge in [0.2, 0.25) is 0 Å². The summed E-state index contributed by atoms with van der Waals surface area (Å²) in [7, 11) is 1.57. The van der Waals surface area contributed by atoms with E-state index >= 15 is 0 Å². The maximum absolute atomic E-state index is 12.8. The number of amides is 3. The van der Waals surface area contributed by atoms with Crippen LogP contribution in [0.4, 0.5) is 4.79 Å². The van der Waals surface area contributed by atoms with E-state index < -0.39 is 0 Å². The van der Waals surface area contributed by atoms with Gasteiger partial charge in [0.1, 0.15) is 5.75 Å². The predicted octanol–water partition coefficient (Wildman–Crippen LogP) is 2.60. The van der Waals surface area contributed by atoms with Crippen molar-refractivity contribution in [3.63, 3.8) is 0 Å². The molecule has 1 aliphatic rings. The van der Waals surface area contributed by atoms with Gasteiger partial charge in [0.05, 0.1) is 12.7 Å². The number of rotatable bonds is 3. The normalized spacial score (nSPS) is 15.5. The number of nitrogens with one attached hydrogen (secondary N) is 1. The number of ether oxygens (including phenoxy) is 1. The van der Waals surface area contributed by atoms with Crippen LogP contribution in [0.2, 0.25) is 0 Å². The van der Waals surface area contributed by atoms with Crippen LogP contribution in [0.1, 0.15) is 37.6 Å². The van der Waals surface area contributed by atoms with Crippen molar-refractivity contribution in [1.29, 1.82) is 0 Å². The Balaban J connectivity index is 1.97. The van der Waals surface area contributed by atoms with Crippen LogP contribution in [0.5, 0.6) is 5.75 Å². The van der Waals surface area contributed by atoms with E-state index in [2.05, 4.69) is 26.1 Å². The summed E-state index contributed by atoms with van der Waals surface area (Å²) >= 11 is 0. The minimum absolute atomic E-state index is 0.0469. The first-order chi connectivity index (χ1) is 11.8. The molecule has 0 unspecified atom stereocenters. The summed E-state index contributed by atoms with van der Waals surface area (Å²) in [6.07, 6.45) is 0.768. The minimum atomic E-state index is -0.0542. The van der Waals surface area contributed by atoms with Gasteiger partial charge >= 0.3 is 6.03 Å². The van der Waals surface area contributed by atoms with Crippen molar-refractivity contribution in [3.05, 3.63) is 29.8 Å². The largest absolute Gasteiger partial charge is 0.496 e. The lowest BCUT2D eigenvalue weighted by Crippen LogP contribution is -2.44. The minimum Gasteiger partial charge on any atom is -0.496 e. The van der Waals surface area contributed by atoms with Crippen molar-refractivity contribution in [3.8, 4) is 5.75 Å². The highest BCUT2D eigenvalue weighted by molar-refractivity contribution is 5.97. The second kappa shape index (κ2) is 8.23. The van der Waals surface area contributed by atoms with Gasteiger partial charge in [-0.2, -0.15) is 0 Å². The van der Waals surface area contributed by atoms with E-state index in [1.807, 2.05) is 12.1 Å². The smallest absolute Gasteiger partial charge is 0.317 e. The number of hydrogen-bond donors (Lipinski definition) is 1. The standard InChI is InChI=1S/C19H29N3O3/c1-19(2,3)14-20-18(24)22-11-7-10-21(12-13-22)17(23)15-8-5-6-9-16(15)25-4/h5-6,8-9H,7,10-14H2,1-4H3,(H,20,24). The highest BCUT2D eigenvalue weighted by Crippen LogP contribution is 2.20.